The summed E-state index contributed by atoms with van der Waals surface area (Å²) in [6.07, 6.45) is 8.51. The monoisotopic (exact) mass is 555 g/mol. The fraction of sp³-hybridized carbons (Fsp3) is 0.242. The van der Waals surface area contributed by atoms with Gasteiger partial charge in [0.25, 0.3) is 0 Å². The molecule has 3 aromatic carbocycles. The predicted molar refractivity (Wildman–Crippen MR) is 165 cm³/mol. The van der Waals surface area contributed by atoms with E-state index in [0.29, 0.717) is 28.4 Å². The lowest BCUT2D eigenvalue weighted by molar-refractivity contribution is 0.104. The van der Waals surface area contributed by atoms with Gasteiger partial charge in [-0.25, -0.2) is 0 Å². The van der Waals surface area contributed by atoms with Crippen LogP contribution in [0.25, 0.3) is 17.0 Å². The molecule has 1 heterocycles. The number of anilines is 1. The van der Waals surface area contributed by atoms with E-state index in [4.69, 9.17) is 16.3 Å². The van der Waals surface area contributed by atoms with Gasteiger partial charge in [-0.1, -0.05) is 31.5 Å². The lowest BCUT2D eigenvalue weighted by Gasteiger charge is -2.14. The molecule has 1 unspecified atom stereocenters. The van der Waals surface area contributed by atoms with Gasteiger partial charge in [0, 0.05) is 52.7 Å². The van der Waals surface area contributed by atoms with Gasteiger partial charge in [0.1, 0.15) is 11.5 Å². The highest BCUT2D eigenvalue weighted by Crippen LogP contribution is 2.32. The minimum absolute atomic E-state index is 0.103. The van der Waals surface area contributed by atoms with Crippen molar-refractivity contribution >= 4 is 46.3 Å². The summed E-state index contributed by atoms with van der Waals surface area (Å²) in [5, 5.41) is 16.1. The van der Waals surface area contributed by atoms with Gasteiger partial charge in [-0.15, -0.1) is 0 Å². The number of aromatic hydroxyl groups is 1. The fourth-order valence-electron chi connectivity index (χ4n) is 4.35. The number of ketones is 1. The summed E-state index contributed by atoms with van der Waals surface area (Å²) in [6.45, 7) is 5.49. The summed E-state index contributed by atoms with van der Waals surface area (Å²) < 4.78 is 5.17. The maximum Gasteiger partial charge on any atom is 0.185 e. The number of aromatic nitrogens is 1. The van der Waals surface area contributed by atoms with Gasteiger partial charge in [0.05, 0.1) is 12.6 Å². The molecule has 1 aromatic heterocycles. The molecule has 4 aromatic rings. The summed E-state index contributed by atoms with van der Waals surface area (Å²) in [5.74, 6) is 0.991. The van der Waals surface area contributed by atoms with Crippen molar-refractivity contribution in [2.24, 2.45) is 4.99 Å². The van der Waals surface area contributed by atoms with E-state index in [1.54, 1.807) is 55.9 Å². The van der Waals surface area contributed by atoms with Crippen molar-refractivity contribution in [2.75, 3.05) is 25.5 Å². The molecule has 0 aliphatic carbocycles. The van der Waals surface area contributed by atoms with Crippen molar-refractivity contribution in [2.45, 2.75) is 32.6 Å². The number of nitrogens with one attached hydrogen (secondary N) is 1. The second-order valence-electron chi connectivity index (χ2n) is 9.62. The SMILES string of the molecule is CCC(C)c1cc(/C=C/C(=O)c2ccc(OC)cc2)cc(C=NCCCNc2ccnc3cc(Cl)ccc23)c1O. The van der Waals surface area contributed by atoms with E-state index in [0.717, 1.165) is 47.1 Å². The number of carbonyl (C=O) groups excluding carboxylic acids is 1. The summed E-state index contributed by atoms with van der Waals surface area (Å²) in [5.41, 5.74) is 4.75. The van der Waals surface area contributed by atoms with Gasteiger partial charge in [-0.2, -0.15) is 0 Å². The first kappa shape index (κ1) is 28.8. The van der Waals surface area contributed by atoms with E-state index in [1.807, 2.05) is 36.4 Å². The Morgan fingerprint density at radius 1 is 1.15 bits per heavy atom. The Morgan fingerprint density at radius 3 is 2.70 bits per heavy atom. The Morgan fingerprint density at radius 2 is 1.95 bits per heavy atom. The topological polar surface area (TPSA) is 83.8 Å². The van der Waals surface area contributed by atoms with Crippen LogP contribution in [0.3, 0.4) is 0 Å². The zero-order chi connectivity index (χ0) is 28.5. The van der Waals surface area contributed by atoms with Crippen molar-refractivity contribution in [3.05, 3.63) is 100 Å². The number of aliphatic imine (C=N–C) groups is 1. The third-order valence-corrected chi connectivity index (χ3v) is 7.09. The number of allylic oxidation sites excluding steroid dienone is 1. The van der Waals surface area contributed by atoms with Crippen LogP contribution in [-0.4, -0.2) is 42.3 Å². The lowest BCUT2D eigenvalue weighted by Crippen LogP contribution is -2.04. The van der Waals surface area contributed by atoms with Gasteiger partial charge in [0.2, 0.25) is 0 Å². The van der Waals surface area contributed by atoms with Crippen molar-refractivity contribution in [3.63, 3.8) is 0 Å². The maximum absolute atomic E-state index is 12.7. The van der Waals surface area contributed by atoms with Gasteiger partial charge < -0.3 is 15.2 Å². The van der Waals surface area contributed by atoms with Crippen LogP contribution in [-0.2, 0) is 0 Å². The van der Waals surface area contributed by atoms with E-state index in [1.165, 1.54) is 0 Å². The lowest BCUT2D eigenvalue weighted by atomic mass is 9.93. The summed E-state index contributed by atoms with van der Waals surface area (Å²) >= 11 is 6.09. The van der Waals surface area contributed by atoms with E-state index in [-0.39, 0.29) is 17.5 Å². The quantitative estimate of drug-likeness (QED) is 0.0802. The molecule has 0 aliphatic heterocycles. The Kier molecular flexibility index (Phi) is 9.92. The van der Waals surface area contributed by atoms with Crippen LogP contribution in [0.1, 0.15) is 59.7 Å². The van der Waals surface area contributed by atoms with Crippen LogP contribution >= 0.6 is 11.6 Å². The third-order valence-electron chi connectivity index (χ3n) is 6.85. The van der Waals surface area contributed by atoms with Crippen molar-refractivity contribution in [1.82, 2.24) is 4.98 Å². The van der Waals surface area contributed by atoms with Crippen LogP contribution in [0.5, 0.6) is 11.5 Å². The number of rotatable bonds is 12. The number of carbonyl (C=O) groups is 1. The molecule has 0 bridgehead atoms. The number of hydrogen-bond acceptors (Lipinski definition) is 6. The Hall–Kier alpha value is -4.16. The number of fused-ring (bicyclic) bond motifs is 1. The van der Waals surface area contributed by atoms with Crippen LogP contribution in [0.4, 0.5) is 5.69 Å². The van der Waals surface area contributed by atoms with Gasteiger partial charge in [0.15, 0.2) is 5.78 Å². The molecule has 0 radical (unpaired) electrons. The summed E-state index contributed by atoms with van der Waals surface area (Å²) in [4.78, 5) is 21.6. The number of pyridine rings is 1. The Labute approximate surface area is 240 Å². The number of ether oxygens (including phenoxy) is 1. The molecule has 0 saturated carbocycles. The third kappa shape index (κ3) is 7.27. The number of phenols is 1. The summed E-state index contributed by atoms with van der Waals surface area (Å²) in [6, 6.07) is 18.4. The molecule has 0 amide bonds. The van der Waals surface area contributed by atoms with Crippen LogP contribution in [0, 0.1) is 0 Å². The van der Waals surface area contributed by atoms with Crippen LogP contribution < -0.4 is 10.1 Å². The minimum atomic E-state index is -0.103. The average molecular weight is 556 g/mol. The molecule has 7 heteroatoms. The van der Waals surface area contributed by atoms with E-state index < -0.39 is 0 Å². The average Bonchev–Trinajstić information content (AvgIpc) is 2.98. The molecule has 0 spiro atoms. The molecular formula is C33H34ClN3O3. The molecule has 0 aliphatic rings. The number of hydrogen-bond donors (Lipinski definition) is 2. The normalized spacial score (nSPS) is 12.3. The molecule has 0 fully saturated rings. The van der Waals surface area contributed by atoms with Crippen molar-refractivity contribution < 1.29 is 14.6 Å². The zero-order valence-corrected chi connectivity index (χ0v) is 23.8. The molecular weight excluding hydrogens is 522 g/mol. The molecule has 206 valence electrons. The van der Waals surface area contributed by atoms with Crippen LogP contribution in [0.2, 0.25) is 5.02 Å². The number of phenolic OH excluding ortho intramolecular Hbond substituents is 1. The first-order valence-electron chi connectivity index (χ1n) is 13.4. The fourth-order valence-corrected chi connectivity index (χ4v) is 4.52. The highest BCUT2D eigenvalue weighted by molar-refractivity contribution is 6.31. The molecule has 0 saturated heterocycles. The second kappa shape index (κ2) is 13.8. The molecule has 40 heavy (non-hydrogen) atoms. The Bertz CT molecular complexity index is 1530. The number of methoxy groups -OCH3 is 1. The van der Waals surface area contributed by atoms with E-state index in [9.17, 15) is 9.90 Å². The number of halogens is 1. The predicted octanol–water partition coefficient (Wildman–Crippen LogP) is 7.93. The smallest absolute Gasteiger partial charge is 0.185 e. The number of benzene rings is 3. The molecule has 6 nitrogen and oxygen atoms in total. The van der Waals surface area contributed by atoms with E-state index >= 15 is 0 Å². The first-order valence-corrected chi connectivity index (χ1v) is 13.8. The largest absolute Gasteiger partial charge is 0.507 e. The maximum atomic E-state index is 12.7. The standard InChI is InChI=1S/C33H34ClN3O3/c1-4-22(2)29-19-23(6-13-32(38)24-7-10-27(40-3)11-8-24)18-25(33(29)39)21-35-15-5-16-36-30-14-17-37-31-20-26(34)9-12-28(30)31/h6-14,17-22,39H,4-5,15-16H2,1-3H3,(H,36,37)/b13-6+,35-21?. The Balaban J connectivity index is 1.42. The minimum Gasteiger partial charge on any atom is -0.507 e. The van der Waals surface area contributed by atoms with Crippen molar-refractivity contribution in [3.8, 4) is 11.5 Å². The molecule has 1 atom stereocenters. The van der Waals surface area contributed by atoms with E-state index in [2.05, 4.69) is 29.1 Å². The molecule has 2 N–H and O–H groups in total. The zero-order valence-electron chi connectivity index (χ0n) is 23.0. The highest BCUT2D eigenvalue weighted by Gasteiger charge is 2.13. The summed E-state index contributed by atoms with van der Waals surface area (Å²) in [7, 11) is 1.59. The second-order valence-corrected chi connectivity index (χ2v) is 10.1. The van der Waals surface area contributed by atoms with Crippen molar-refractivity contribution in [1.29, 1.82) is 0 Å². The van der Waals surface area contributed by atoms with Gasteiger partial charge in [-0.3, -0.25) is 14.8 Å². The highest BCUT2D eigenvalue weighted by atomic mass is 35.5. The first-order chi connectivity index (χ1) is 19.4. The van der Waals surface area contributed by atoms with Gasteiger partial charge in [-0.05, 0) is 96.6 Å². The number of nitrogens with zero attached hydrogens (tertiary/aromatic N) is 2. The van der Waals surface area contributed by atoms with Crippen LogP contribution in [0.15, 0.2) is 77.9 Å². The van der Waals surface area contributed by atoms with Gasteiger partial charge >= 0.3 is 0 Å². The molecule has 4 rings (SSSR count).